The van der Waals surface area contributed by atoms with Crippen LogP contribution < -0.4 is 20.1 Å². The Kier molecular flexibility index (Phi) is 5.17. The van der Waals surface area contributed by atoms with Crippen LogP contribution in [0.15, 0.2) is 17.0 Å². The molecule has 1 fully saturated rings. The molecule has 0 aliphatic carbocycles. The van der Waals surface area contributed by atoms with Gasteiger partial charge >= 0.3 is 6.03 Å². The summed E-state index contributed by atoms with van der Waals surface area (Å²) in [4.78, 5) is 13.2. The molecule has 2 aliphatic heterocycles. The molecule has 2 N–H and O–H groups in total. The van der Waals surface area contributed by atoms with Crippen LogP contribution in [-0.2, 0) is 4.74 Å². The Balaban J connectivity index is 1.67. The Labute approximate surface area is 140 Å². The fraction of sp³-hybridized carbons (Fsp3) is 0.562. The Morgan fingerprint density at radius 2 is 2.00 bits per heavy atom. The Morgan fingerprint density at radius 3 is 2.65 bits per heavy atom. The van der Waals surface area contributed by atoms with Gasteiger partial charge in [-0.2, -0.15) is 0 Å². The van der Waals surface area contributed by atoms with E-state index in [1.165, 1.54) is 0 Å². The number of amides is 2. The van der Waals surface area contributed by atoms with Crippen molar-refractivity contribution in [3.05, 3.63) is 12.1 Å². The molecule has 2 heterocycles. The first-order valence-electron chi connectivity index (χ1n) is 7.84. The molecule has 0 aromatic heterocycles. The van der Waals surface area contributed by atoms with E-state index >= 15 is 0 Å². The lowest BCUT2D eigenvalue weighted by atomic mass is 10.1. The predicted octanol–water partition coefficient (Wildman–Crippen LogP) is 2.87. The van der Waals surface area contributed by atoms with E-state index in [2.05, 4.69) is 10.6 Å². The molecule has 0 unspecified atom stereocenters. The van der Waals surface area contributed by atoms with Crippen LogP contribution in [0.1, 0.15) is 19.8 Å². The van der Waals surface area contributed by atoms with Crippen LogP contribution in [0.5, 0.6) is 11.5 Å². The number of ether oxygens (including phenoxy) is 3. The number of hydrogen-bond acceptors (Lipinski definition) is 5. The summed E-state index contributed by atoms with van der Waals surface area (Å²) in [5, 5.41) is 5.85. The molecular formula is C16H22N2O4S. The number of nitrogens with one attached hydrogen (secondary N) is 2. The van der Waals surface area contributed by atoms with E-state index in [0.29, 0.717) is 19.0 Å². The number of benzene rings is 1. The predicted molar refractivity (Wildman–Crippen MR) is 89.8 cm³/mol. The molecule has 2 aliphatic rings. The van der Waals surface area contributed by atoms with Crippen LogP contribution in [-0.4, -0.2) is 44.3 Å². The zero-order valence-corrected chi connectivity index (χ0v) is 14.2. The van der Waals surface area contributed by atoms with Crippen LogP contribution in [0.3, 0.4) is 0 Å². The molecule has 2 atom stereocenters. The summed E-state index contributed by atoms with van der Waals surface area (Å²) in [6.45, 7) is 3.81. The van der Waals surface area contributed by atoms with Crippen molar-refractivity contribution in [2.75, 3.05) is 31.4 Å². The summed E-state index contributed by atoms with van der Waals surface area (Å²) in [7, 11) is 0. The van der Waals surface area contributed by atoms with Crippen LogP contribution in [0.4, 0.5) is 10.5 Å². The zero-order chi connectivity index (χ0) is 16.2. The second-order valence-electron chi connectivity index (χ2n) is 5.63. The van der Waals surface area contributed by atoms with E-state index in [9.17, 15) is 4.79 Å². The average Bonchev–Trinajstić information content (AvgIpc) is 3.08. The molecule has 0 spiro atoms. The third-order valence-corrected chi connectivity index (χ3v) is 4.77. The average molecular weight is 338 g/mol. The number of anilines is 1. The van der Waals surface area contributed by atoms with Crippen molar-refractivity contribution >= 4 is 23.5 Å². The number of carbonyl (C=O) groups excluding carboxylic acids is 1. The number of urea groups is 1. The molecule has 2 amide bonds. The van der Waals surface area contributed by atoms with E-state index in [0.717, 1.165) is 35.8 Å². The van der Waals surface area contributed by atoms with E-state index in [4.69, 9.17) is 14.2 Å². The lowest BCUT2D eigenvalue weighted by Gasteiger charge is -2.22. The third-order valence-electron chi connectivity index (χ3n) is 3.99. The van der Waals surface area contributed by atoms with Crippen molar-refractivity contribution < 1.29 is 19.0 Å². The SMILES string of the molecule is CSc1cc2c(cc1NC(=O)N[C@H](C)[C@H]1CCCO1)OCCO2. The zero-order valence-electron chi connectivity index (χ0n) is 13.4. The van der Waals surface area contributed by atoms with Gasteiger partial charge in [0.05, 0.1) is 17.8 Å². The van der Waals surface area contributed by atoms with Gasteiger partial charge in [0.25, 0.3) is 0 Å². The first-order chi connectivity index (χ1) is 11.2. The molecule has 1 aromatic carbocycles. The number of thioether (sulfide) groups is 1. The van der Waals surface area contributed by atoms with Gasteiger partial charge in [-0.05, 0) is 32.1 Å². The van der Waals surface area contributed by atoms with E-state index < -0.39 is 0 Å². The van der Waals surface area contributed by atoms with Crippen LogP contribution in [0, 0.1) is 0 Å². The molecule has 23 heavy (non-hydrogen) atoms. The molecule has 126 valence electrons. The minimum Gasteiger partial charge on any atom is -0.486 e. The second kappa shape index (κ2) is 7.31. The van der Waals surface area contributed by atoms with Crippen molar-refractivity contribution in [3.63, 3.8) is 0 Å². The summed E-state index contributed by atoms with van der Waals surface area (Å²) in [6, 6.07) is 3.46. The summed E-state index contributed by atoms with van der Waals surface area (Å²) < 4.78 is 16.8. The fourth-order valence-electron chi connectivity index (χ4n) is 2.79. The third kappa shape index (κ3) is 3.84. The molecular weight excluding hydrogens is 316 g/mol. The van der Waals surface area contributed by atoms with E-state index in [1.54, 1.807) is 11.8 Å². The van der Waals surface area contributed by atoms with Gasteiger partial charge in [0.2, 0.25) is 0 Å². The first kappa shape index (κ1) is 16.3. The Hall–Kier alpha value is -1.60. The molecule has 0 radical (unpaired) electrons. The molecule has 0 saturated carbocycles. The normalized spacial score (nSPS) is 20.9. The standard InChI is InChI=1S/C16H22N2O4S/c1-10(12-4-3-5-20-12)17-16(19)18-11-8-13-14(9-15(11)23-2)22-7-6-21-13/h8-10,12H,3-7H2,1-2H3,(H2,17,18,19)/t10-,12-/m1/s1. The number of hydrogen-bond donors (Lipinski definition) is 2. The van der Waals surface area contributed by atoms with Gasteiger partial charge in [-0.15, -0.1) is 11.8 Å². The van der Waals surface area contributed by atoms with Gasteiger partial charge in [-0.3, -0.25) is 0 Å². The highest BCUT2D eigenvalue weighted by Crippen LogP contribution is 2.39. The maximum absolute atomic E-state index is 12.3. The topological polar surface area (TPSA) is 68.8 Å². The highest BCUT2D eigenvalue weighted by Gasteiger charge is 2.24. The molecule has 7 heteroatoms. The largest absolute Gasteiger partial charge is 0.486 e. The summed E-state index contributed by atoms with van der Waals surface area (Å²) in [5.74, 6) is 1.39. The smallest absolute Gasteiger partial charge is 0.319 e. The minimum atomic E-state index is -0.236. The fourth-order valence-corrected chi connectivity index (χ4v) is 3.35. The number of rotatable bonds is 4. The summed E-state index contributed by atoms with van der Waals surface area (Å²) in [6.07, 6.45) is 4.10. The van der Waals surface area contributed by atoms with Gasteiger partial charge in [0.15, 0.2) is 11.5 Å². The maximum Gasteiger partial charge on any atom is 0.319 e. The van der Waals surface area contributed by atoms with Crippen molar-refractivity contribution in [1.29, 1.82) is 0 Å². The van der Waals surface area contributed by atoms with Gasteiger partial charge in [-0.1, -0.05) is 0 Å². The Morgan fingerprint density at radius 1 is 1.26 bits per heavy atom. The van der Waals surface area contributed by atoms with Crippen molar-refractivity contribution in [3.8, 4) is 11.5 Å². The van der Waals surface area contributed by atoms with E-state index in [1.807, 2.05) is 25.3 Å². The van der Waals surface area contributed by atoms with Crippen LogP contribution in [0.25, 0.3) is 0 Å². The number of fused-ring (bicyclic) bond motifs is 1. The van der Waals surface area contributed by atoms with Crippen molar-refractivity contribution in [1.82, 2.24) is 5.32 Å². The van der Waals surface area contributed by atoms with Crippen molar-refractivity contribution in [2.45, 2.75) is 36.8 Å². The van der Waals surface area contributed by atoms with Crippen LogP contribution >= 0.6 is 11.8 Å². The summed E-state index contributed by atoms with van der Waals surface area (Å²) >= 11 is 1.55. The lowest BCUT2D eigenvalue weighted by Crippen LogP contribution is -2.43. The first-order valence-corrected chi connectivity index (χ1v) is 9.06. The van der Waals surface area contributed by atoms with Gasteiger partial charge < -0.3 is 24.8 Å². The molecule has 1 saturated heterocycles. The maximum atomic E-state index is 12.3. The van der Waals surface area contributed by atoms with E-state index in [-0.39, 0.29) is 18.2 Å². The Bertz CT molecular complexity index is 575. The quantitative estimate of drug-likeness (QED) is 0.826. The van der Waals surface area contributed by atoms with Crippen LogP contribution in [0.2, 0.25) is 0 Å². The van der Waals surface area contributed by atoms with Gasteiger partial charge in [0.1, 0.15) is 13.2 Å². The molecule has 0 bridgehead atoms. The highest BCUT2D eigenvalue weighted by atomic mass is 32.2. The minimum absolute atomic E-state index is 0.0209. The van der Waals surface area contributed by atoms with Crippen molar-refractivity contribution in [2.24, 2.45) is 0 Å². The molecule has 1 aromatic rings. The summed E-state index contributed by atoms with van der Waals surface area (Å²) in [5.41, 5.74) is 0.721. The molecule has 3 rings (SSSR count). The molecule has 6 nitrogen and oxygen atoms in total. The lowest BCUT2D eigenvalue weighted by molar-refractivity contribution is 0.0868. The monoisotopic (exact) mass is 338 g/mol. The van der Waals surface area contributed by atoms with Gasteiger partial charge in [0, 0.05) is 17.6 Å². The highest BCUT2D eigenvalue weighted by molar-refractivity contribution is 7.98. The second-order valence-corrected chi connectivity index (χ2v) is 6.48. The van der Waals surface area contributed by atoms with Gasteiger partial charge in [-0.25, -0.2) is 4.79 Å². The number of carbonyl (C=O) groups is 1.